The molecule has 0 aromatic carbocycles. The molecule has 1 N–H and O–H groups in total. The van der Waals surface area contributed by atoms with Gasteiger partial charge in [-0.1, -0.05) is 0 Å². The number of carbonyl (C=O) groups is 1. The predicted molar refractivity (Wildman–Crippen MR) is 76.4 cm³/mol. The summed E-state index contributed by atoms with van der Waals surface area (Å²) in [6.07, 6.45) is 5.45. The summed E-state index contributed by atoms with van der Waals surface area (Å²) in [5.41, 5.74) is -0.332. The Kier molecular flexibility index (Phi) is 3.33. The van der Waals surface area contributed by atoms with Crippen LogP contribution in [0.1, 0.15) is 12.8 Å². The van der Waals surface area contributed by atoms with Crippen LogP contribution in [0.15, 0.2) is 18.5 Å². The quantitative estimate of drug-likeness (QED) is 0.831. The molecule has 108 valence electrons. The van der Waals surface area contributed by atoms with E-state index in [4.69, 9.17) is 0 Å². The van der Waals surface area contributed by atoms with E-state index in [9.17, 15) is 4.79 Å². The number of piperidine rings is 1. The van der Waals surface area contributed by atoms with Gasteiger partial charge in [0.2, 0.25) is 11.9 Å². The second kappa shape index (κ2) is 5.01. The highest BCUT2D eigenvalue weighted by molar-refractivity contribution is 5.85. The molecule has 0 radical (unpaired) electrons. The molecule has 2 fully saturated rings. The molecule has 0 saturated carbocycles. The van der Waals surface area contributed by atoms with Gasteiger partial charge in [-0.25, -0.2) is 9.97 Å². The number of fused-ring (bicyclic) bond motifs is 1. The maximum Gasteiger partial charge on any atom is 0.231 e. The Hall–Kier alpha value is -1.69. The predicted octanol–water partition coefficient (Wildman–Crippen LogP) is 0.123. The van der Waals surface area contributed by atoms with E-state index in [2.05, 4.69) is 20.2 Å². The minimum absolute atomic E-state index is 0.147. The molecule has 0 bridgehead atoms. The first-order valence-corrected chi connectivity index (χ1v) is 7.11. The van der Waals surface area contributed by atoms with Crippen LogP contribution in [0.4, 0.5) is 5.95 Å². The van der Waals surface area contributed by atoms with E-state index in [0.717, 1.165) is 38.4 Å². The van der Waals surface area contributed by atoms with Crippen molar-refractivity contribution in [1.82, 2.24) is 20.2 Å². The van der Waals surface area contributed by atoms with Gasteiger partial charge in [-0.05, 0) is 18.9 Å². The summed E-state index contributed by atoms with van der Waals surface area (Å²) in [6, 6.07) is 1.96. The first kappa shape index (κ1) is 13.3. The second-order valence-corrected chi connectivity index (χ2v) is 5.85. The van der Waals surface area contributed by atoms with E-state index in [1.165, 1.54) is 0 Å². The van der Waals surface area contributed by atoms with Crippen molar-refractivity contribution in [3.05, 3.63) is 18.5 Å². The summed E-state index contributed by atoms with van der Waals surface area (Å²) < 4.78 is 0. The Bertz CT molecular complexity index is 492. The lowest BCUT2D eigenvalue weighted by atomic mass is 9.74. The highest BCUT2D eigenvalue weighted by atomic mass is 16.2. The third kappa shape index (κ3) is 1.95. The molecule has 3 heterocycles. The highest BCUT2D eigenvalue weighted by Gasteiger charge is 2.54. The molecule has 2 atom stereocenters. The number of aromatic nitrogens is 2. The van der Waals surface area contributed by atoms with Crippen LogP contribution in [-0.2, 0) is 4.79 Å². The van der Waals surface area contributed by atoms with Gasteiger partial charge in [-0.3, -0.25) is 4.79 Å². The van der Waals surface area contributed by atoms with Crippen LogP contribution >= 0.6 is 0 Å². The fourth-order valence-corrected chi connectivity index (χ4v) is 3.58. The Morgan fingerprint density at radius 3 is 2.90 bits per heavy atom. The van der Waals surface area contributed by atoms with Crippen LogP contribution in [0.2, 0.25) is 0 Å². The molecule has 0 unspecified atom stereocenters. The van der Waals surface area contributed by atoms with E-state index < -0.39 is 0 Å². The molecule has 2 aliphatic heterocycles. The summed E-state index contributed by atoms with van der Waals surface area (Å²) >= 11 is 0. The van der Waals surface area contributed by atoms with Gasteiger partial charge in [0.25, 0.3) is 0 Å². The van der Waals surface area contributed by atoms with Crippen LogP contribution in [-0.4, -0.2) is 60.5 Å². The van der Waals surface area contributed by atoms with Gasteiger partial charge in [0.05, 0.1) is 11.5 Å². The maximum atomic E-state index is 12.7. The third-order valence-corrected chi connectivity index (χ3v) is 4.46. The van der Waals surface area contributed by atoms with Gasteiger partial charge in [-0.2, -0.15) is 0 Å². The van der Waals surface area contributed by atoms with E-state index in [1.807, 2.05) is 20.2 Å². The summed E-state index contributed by atoms with van der Waals surface area (Å²) in [7, 11) is 3.68. The fraction of sp³-hybridized carbons (Fsp3) is 0.643. The smallest absolute Gasteiger partial charge is 0.231 e. The van der Waals surface area contributed by atoms with Crippen LogP contribution in [0.3, 0.4) is 0 Å². The zero-order valence-electron chi connectivity index (χ0n) is 12.0. The number of carbonyl (C=O) groups excluding carboxylic acids is 1. The van der Waals surface area contributed by atoms with Crippen LogP contribution in [0, 0.1) is 5.41 Å². The maximum absolute atomic E-state index is 12.7. The highest BCUT2D eigenvalue weighted by Crippen LogP contribution is 2.40. The minimum Gasteiger partial charge on any atom is -0.348 e. The number of nitrogens with one attached hydrogen (secondary N) is 1. The topological polar surface area (TPSA) is 61.4 Å². The first-order chi connectivity index (χ1) is 9.65. The van der Waals surface area contributed by atoms with E-state index >= 15 is 0 Å². The Morgan fingerprint density at radius 2 is 2.20 bits per heavy atom. The molecule has 0 spiro atoms. The molecule has 6 nitrogen and oxygen atoms in total. The summed E-state index contributed by atoms with van der Waals surface area (Å²) in [6.45, 7) is 2.48. The van der Waals surface area contributed by atoms with E-state index in [0.29, 0.717) is 0 Å². The molecular formula is C14H21N5O. The number of anilines is 1. The van der Waals surface area contributed by atoms with Gasteiger partial charge in [0.1, 0.15) is 0 Å². The zero-order valence-corrected chi connectivity index (χ0v) is 12.0. The zero-order chi connectivity index (χ0) is 14.2. The fourth-order valence-electron chi connectivity index (χ4n) is 3.58. The summed E-state index contributed by atoms with van der Waals surface area (Å²) in [5, 5.41) is 3.40. The number of amides is 1. The summed E-state index contributed by atoms with van der Waals surface area (Å²) in [4.78, 5) is 25.3. The van der Waals surface area contributed by atoms with E-state index in [1.54, 1.807) is 17.3 Å². The molecular weight excluding hydrogens is 254 g/mol. The largest absolute Gasteiger partial charge is 0.348 e. The van der Waals surface area contributed by atoms with Crippen LogP contribution < -0.4 is 10.2 Å². The average Bonchev–Trinajstić information content (AvgIpc) is 2.92. The van der Waals surface area contributed by atoms with Gasteiger partial charge in [-0.15, -0.1) is 0 Å². The van der Waals surface area contributed by atoms with Crippen molar-refractivity contribution in [3.8, 4) is 0 Å². The monoisotopic (exact) mass is 275 g/mol. The minimum atomic E-state index is -0.332. The Labute approximate surface area is 119 Å². The van der Waals surface area contributed by atoms with Crippen molar-refractivity contribution in [2.24, 2.45) is 5.41 Å². The SMILES string of the molecule is CN(C)C(=O)[C@@]12CCCN(c3ncccn3)[C@@H]1CNC2. The van der Waals surface area contributed by atoms with Crippen molar-refractivity contribution < 1.29 is 4.79 Å². The van der Waals surface area contributed by atoms with Crippen LogP contribution in [0.25, 0.3) is 0 Å². The lowest BCUT2D eigenvalue weighted by Gasteiger charge is -2.45. The van der Waals surface area contributed by atoms with Crippen molar-refractivity contribution in [3.63, 3.8) is 0 Å². The van der Waals surface area contributed by atoms with E-state index in [-0.39, 0.29) is 17.4 Å². The van der Waals surface area contributed by atoms with Gasteiger partial charge in [0, 0.05) is 46.1 Å². The van der Waals surface area contributed by atoms with Crippen molar-refractivity contribution in [1.29, 1.82) is 0 Å². The van der Waals surface area contributed by atoms with Gasteiger partial charge >= 0.3 is 0 Å². The van der Waals surface area contributed by atoms with Crippen LogP contribution in [0.5, 0.6) is 0 Å². The Balaban J connectivity index is 1.95. The lowest BCUT2D eigenvalue weighted by molar-refractivity contribution is -0.140. The third-order valence-electron chi connectivity index (χ3n) is 4.46. The number of nitrogens with zero attached hydrogens (tertiary/aromatic N) is 4. The number of hydrogen-bond donors (Lipinski definition) is 1. The molecule has 1 aromatic rings. The molecule has 6 heteroatoms. The van der Waals surface area contributed by atoms with Crippen molar-refractivity contribution in [2.45, 2.75) is 18.9 Å². The van der Waals surface area contributed by atoms with Crippen molar-refractivity contribution in [2.75, 3.05) is 38.6 Å². The molecule has 1 aromatic heterocycles. The second-order valence-electron chi connectivity index (χ2n) is 5.85. The Morgan fingerprint density at radius 1 is 1.45 bits per heavy atom. The molecule has 20 heavy (non-hydrogen) atoms. The number of hydrogen-bond acceptors (Lipinski definition) is 5. The normalized spacial score (nSPS) is 29.1. The van der Waals surface area contributed by atoms with Gasteiger partial charge < -0.3 is 15.1 Å². The number of rotatable bonds is 2. The molecule has 3 rings (SSSR count). The molecule has 1 amide bonds. The average molecular weight is 275 g/mol. The molecule has 2 saturated heterocycles. The van der Waals surface area contributed by atoms with Crippen molar-refractivity contribution >= 4 is 11.9 Å². The lowest BCUT2D eigenvalue weighted by Crippen LogP contribution is -2.58. The summed E-state index contributed by atoms with van der Waals surface area (Å²) in [5.74, 6) is 0.949. The van der Waals surface area contributed by atoms with Gasteiger partial charge in [0.15, 0.2) is 0 Å². The molecule has 2 aliphatic rings. The molecule has 0 aliphatic carbocycles. The standard InChI is InChI=1S/C14H21N5O/c1-18(2)12(20)14-5-3-8-19(11(14)9-15-10-14)13-16-6-4-7-17-13/h4,6-7,11,15H,3,5,8-10H2,1-2H3/t11-,14-/m1/s1. The first-order valence-electron chi connectivity index (χ1n) is 7.11.